The lowest BCUT2D eigenvalue weighted by molar-refractivity contribution is 0.589. The molecule has 24 heavy (non-hydrogen) atoms. The molecule has 5 nitrogen and oxygen atoms in total. The molecule has 0 radical (unpaired) electrons. The molecule has 0 saturated carbocycles. The van der Waals surface area contributed by atoms with Gasteiger partial charge in [-0.1, -0.05) is 6.07 Å². The number of anilines is 1. The van der Waals surface area contributed by atoms with Crippen LogP contribution in [0.25, 0.3) is 22.6 Å². The highest BCUT2D eigenvalue weighted by atomic mass is 15.2. The van der Waals surface area contributed by atoms with Gasteiger partial charge in [-0.3, -0.25) is 15.0 Å². The van der Waals surface area contributed by atoms with E-state index in [1.807, 2.05) is 36.5 Å². The summed E-state index contributed by atoms with van der Waals surface area (Å²) in [6.45, 7) is 3.96. The monoisotopic (exact) mass is 317 g/mol. The van der Waals surface area contributed by atoms with Crippen LogP contribution in [0, 0.1) is 0 Å². The van der Waals surface area contributed by atoms with E-state index < -0.39 is 0 Å². The summed E-state index contributed by atoms with van der Waals surface area (Å²) in [4.78, 5) is 16.1. The summed E-state index contributed by atoms with van der Waals surface area (Å²) < 4.78 is 0. The smallest absolute Gasteiger partial charge is 0.0980 e. The number of pyridine rings is 3. The van der Waals surface area contributed by atoms with Gasteiger partial charge in [0.2, 0.25) is 0 Å². The van der Waals surface area contributed by atoms with E-state index in [0.717, 1.165) is 54.5 Å². The first kappa shape index (κ1) is 14.8. The fourth-order valence-electron chi connectivity index (χ4n) is 3.07. The quantitative estimate of drug-likeness (QED) is 0.805. The van der Waals surface area contributed by atoms with Crippen LogP contribution in [0.5, 0.6) is 0 Å². The van der Waals surface area contributed by atoms with Crippen LogP contribution in [-0.4, -0.2) is 41.1 Å². The molecule has 0 spiro atoms. The number of aromatic nitrogens is 3. The predicted octanol–water partition coefficient (Wildman–Crippen LogP) is 2.62. The molecule has 4 heterocycles. The minimum atomic E-state index is 0.866. The molecular formula is C19H19N5. The summed E-state index contributed by atoms with van der Waals surface area (Å²) in [7, 11) is 0. The average Bonchev–Trinajstić information content (AvgIpc) is 2.69. The van der Waals surface area contributed by atoms with E-state index in [4.69, 9.17) is 0 Å². The zero-order valence-corrected chi connectivity index (χ0v) is 13.4. The molecule has 0 unspecified atom stereocenters. The number of piperazine rings is 1. The third-order valence-corrected chi connectivity index (χ3v) is 4.21. The molecule has 0 bridgehead atoms. The average molecular weight is 317 g/mol. The van der Waals surface area contributed by atoms with E-state index in [1.54, 1.807) is 12.4 Å². The van der Waals surface area contributed by atoms with Gasteiger partial charge in [0.05, 0.1) is 22.8 Å². The molecule has 1 fully saturated rings. The molecular weight excluding hydrogens is 298 g/mol. The van der Waals surface area contributed by atoms with Crippen molar-refractivity contribution in [3.05, 3.63) is 61.1 Å². The highest BCUT2D eigenvalue weighted by Crippen LogP contribution is 2.34. The Balaban J connectivity index is 1.83. The number of nitrogens with one attached hydrogen (secondary N) is 1. The molecule has 0 amide bonds. The van der Waals surface area contributed by atoms with Crippen LogP contribution in [0.2, 0.25) is 0 Å². The zero-order valence-electron chi connectivity index (χ0n) is 13.4. The maximum Gasteiger partial charge on any atom is 0.0980 e. The van der Waals surface area contributed by atoms with Crippen LogP contribution < -0.4 is 10.2 Å². The Bertz CT molecular complexity index is 813. The molecule has 1 aliphatic rings. The summed E-state index contributed by atoms with van der Waals surface area (Å²) in [6.07, 6.45) is 5.45. The molecule has 5 heteroatoms. The first-order chi connectivity index (χ1) is 11.9. The molecule has 0 aliphatic carbocycles. The van der Waals surface area contributed by atoms with Gasteiger partial charge < -0.3 is 10.2 Å². The van der Waals surface area contributed by atoms with Gasteiger partial charge in [-0.2, -0.15) is 0 Å². The van der Waals surface area contributed by atoms with Crippen molar-refractivity contribution in [2.24, 2.45) is 0 Å². The Morgan fingerprint density at radius 3 is 2.29 bits per heavy atom. The first-order valence-electron chi connectivity index (χ1n) is 8.21. The molecule has 4 rings (SSSR count). The summed E-state index contributed by atoms with van der Waals surface area (Å²) >= 11 is 0. The van der Waals surface area contributed by atoms with Gasteiger partial charge in [0.1, 0.15) is 0 Å². The summed E-state index contributed by atoms with van der Waals surface area (Å²) in [5.41, 5.74) is 4.88. The second-order valence-corrected chi connectivity index (χ2v) is 5.72. The van der Waals surface area contributed by atoms with Gasteiger partial charge >= 0.3 is 0 Å². The standard InChI is InChI=1S/C19H19N5/c1-2-8-21-16(6-1)18-15(5-3-9-22-18)19-17(7-4-10-23-19)24-13-11-20-12-14-24/h1-10,20H,11-14H2. The Morgan fingerprint density at radius 1 is 0.750 bits per heavy atom. The second kappa shape index (κ2) is 6.76. The Labute approximate surface area is 141 Å². The molecule has 0 aromatic carbocycles. The maximum atomic E-state index is 4.68. The minimum Gasteiger partial charge on any atom is -0.367 e. The summed E-state index contributed by atoms with van der Waals surface area (Å²) in [5, 5.41) is 3.40. The molecule has 0 atom stereocenters. The molecule has 1 aliphatic heterocycles. The van der Waals surface area contributed by atoms with E-state index in [0.29, 0.717) is 0 Å². The molecule has 3 aromatic heterocycles. The van der Waals surface area contributed by atoms with Gasteiger partial charge in [0, 0.05) is 50.3 Å². The Kier molecular flexibility index (Phi) is 4.16. The number of hydrogen-bond acceptors (Lipinski definition) is 5. The first-order valence-corrected chi connectivity index (χ1v) is 8.21. The maximum absolute atomic E-state index is 4.68. The van der Waals surface area contributed by atoms with Crippen molar-refractivity contribution in [2.75, 3.05) is 31.1 Å². The van der Waals surface area contributed by atoms with E-state index in [1.165, 1.54) is 0 Å². The third-order valence-electron chi connectivity index (χ3n) is 4.21. The normalized spacial score (nSPS) is 14.6. The highest BCUT2D eigenvalue weighted by molar-refractivity contribution is 5.84. The minimum absolute atomic E-state index is 0.866. The lowest BCUT2D eigenvalue weighted by atomic mass is 10.0. The topological polar surface area (TPSA) is 53.9 Å². The fraction of sp³-hybridized carbons (Fsp3) is 0.211. The third kappa shape index (κ3) is 2.86. The van der Waals surface area contributed by atoms with Gasteiger partial charge in [-0.25, -0.2) is 0 Å². The predicted molar refractivity (Wildman–Crippen MR) is 95.8 cm³/mol. The van der Waals surface area contributed by atoms with Crippen LogP contribution in [-0.2, 0) is 0 Å². The van der Waals surface area contributed by atoms with E-state index >= 15 is 0 Å². The summed E-state index contributed by atoms with van der Waals surface area (Å²) in [6, 6.07) is 14.1. The van der Waals surface area contributed by atoms with E-state index in [9.17, 15) is 0 Å². The van der Waals surface area contributed by atoms with Crippen molar-refractivity contribution in [3.63, 3.8) is 0 Å². The number of nitrogens with zero attached hydrogens (tertiary/aromatic N) is 4. The van der Waals surface area contributed by atoms with Gasteiger partial charge in [-0.15, -0.1) is 0 Å². The molecule has 3 aromatic rings. The Hall–Kier alpha value is -2.79. The van der Waals surface area contributed by atoms with Crippen molar-refractivity contribution in [3.8, 4) is 22.6 Å². The SMILES string of the molecule is c1ccc(-c2ncccc2-c2ncccc2N2CCNCC2)nc1. The van der Waals surface area contributed by atoms with E-state index in [2.05, 4.69) is 37.3 Å². The van der Waals surface area contributed by atoms with Crippen LogP contribution in [0.3, 0.4) is 0 Å². The molecule has 120 valence electrons. The molecule has 1 saturated heterocycles. The second-order valence-electron chi connectivity index (χ2n) is 5.72. The lowest BCUT2D eigenvalue weighted by Gasteiger charge is -2.30. The van der Waals surface area contributed by atoms with Gasteiger partial charge in [0.15, 0.2) is 0 Å². The fourth-order valence-corrected chi connectivity index (χ4v) is 3.07. The van der Waals surface area contributed by atoms with Crippen molar-refractivity contribution >= 4 is 5.69 Å². The number of rotatable bonds is 3. The number of hydrogen-bond donors (Lipinski definition) is 1. The van der Waals surface area contributed by atoms with Crippen molar-refractivity contribution in [1.29, 1.82) is 0 Å². The van der Waals surface area contributed by atoms with Crippen LogP contribution in [0.1, 0.15) is 0 Å². The van der Waals surface area contributed by atoms with Crippen LogP contribution in [0.15, 0.2) is 61.1 Å². The van der Waals surface area contributed by atoms with Crippen LogP contribution >= 0.6 is 0 Å². The lowest BCUT2D eigenvalue weighted by Crippen LogP contribution is -2.43. The van der Waals surface area contributed by atoms with Gasteiger partial charge in [-0.05, 0) is 36.4 Å². The van der Waals surface area contributed by atoms with Crippen molar-refractivity contribution < 1.29 is 0 Å². The Morgan fingerprint density at radius 2 is 1.50 bits per heavy atom. The van der Waals surface area contributed by atoms with E-state index in [-0.39, 0.29) is 0 Å². The van der Waals surface area contributed by atoms with Gasteiger partial charge in [0.25, 0.3) is 0 Å². The molecule has 1 N–H and O–H groups in total. The van der Waals surface area contributed by atoms with Crippen molar-refractivity contribution in [1.82, 2.24) is 20.3 Å². The summed E-state index contributed by atoms with van der Waals surface area (Å²) in [5.74, 6) is 0. The highest BCUT2D eigenvalue weighted by Gasteiger charge is 2.19. The van der Waals surface area contributed by atoms with Crippen LogP contribution in [0.4, 0.5) is 5.69 Å². The van der Waals surface area contributed by atoms with Crippen molar-refractivity contribution in [2.45, 2.75) is 0 Å². The largest absolute Gasteiger partial charge is 0.367 e. The zero-order chi connectivity index (χ0) is 16.2.